The fourth-order valence-electron chi connectivity index (χ4n) is 1.47. The van der Waals surface area contributed by atoms with Crippen LogP contribution in [0.3, 0.4) is 0 Å². The number of ether oxygens (including phenoxy) is 1. The van der Waals surface area contributed by atoms with E-state index >= 15 is 0 Å². The molecular weight excluding hydrogens is 302 g/mol. The summed E-state index contributed by atoms with van der Waals surface area (Å²) in [6, 6.07) is 4.17. The van der Waals surface area contributed by atoms with Gasteiger partial charge < -0.3 is 4.74 Å². The Labute approximate surface area is 121 Å². The van der Waals surface area contributed by atoms with E-state index < -0.39 is 33.0 Å². The molecule has 1 atom stereocenters. The summed E-state index contributed by atoms with van der Waals surface area (Å²) in [7, 11) is -3.10. The van der Waals surface area contributed by atoms with Gasteiger partial charge in [-0.05, 0) is 18.1 Å². The molecule has 0 saturated heterocycles. The van der Waals surface area contributed by atoms with Crippen molar-refractivity contribution >= 4 is 21.8 Å². The summed E-state index contributed by atoms with van der Waals surface area (Å²) in [6.07, 6.45) is -1.28. The molecule has 1 rings (SSSR count). The maximum absolute atomic E-state index is 12.0. The van der Waals surface area contributed by atoms with E-state index in [0.717, 1.165) is 31.4 Å². The number of non-ortho nitro benzene ring substituents is 1. The molecule has 1 aromatic carbocycles. The molecule has 0 fully saturated rings. The second-order valence-corrected chi connectivity index (χ2v) is 6.06. The van der Waals surface area contributed by atoms with Gasteiger partial charge >= 0.3 is 5.97 Å². The van der Waals surface area contributed by atoms with Crippen LogP contribution in [-0.2, 0) is 23.8 Å². The number of hydrogen-bond acceptors (Lipinski definition) is 7. The zero-order valence-corrected chi connectivity index (χ0v) is 12.5. The zero-order chi connectivity index (χ0) is 16.2. The molecule has 1 aromatic rings. The fraction of sp³-hybridized carbons (Fsp3) is 0.417. The van der Waals surface area contributed by atoms with Crippen molar-refractivity contribution in [3.05, 3.63) is 34.4 Å². The monoisotopic (exact) mass is 317 g/mol. The van der Waals surface area contributed by atoms with Crippen LogP contribution in [-0.4, -0.2) is 32.5 Å². The number of benzene rings is 1. The number of esters is 1. The van der Waals surface area contributed by atoms with Crippen molar-refractivity contribution in [3.63, 3.8) is 0 Å². The third-order valence-corrected chi connectivity index (χ3v) is 3.92. The Balaban J connectivity index is 3.04. The summed E-state index contributed by atoms with van der Waals surface area (Å²) < 4.78 is 33.5. The summed E-state index contributed by atoms with van der Waals surface area (Å²) in [4.78, 5) is 21.1. The van der Waals surface area contributed by atoms with Gasteiger partial charge in [-0.2, -0.15) is 8.42 Å². The number of carbonyl (C=O) groups excluding carboxylic acids is 1. The molecule has 1 unspecified atom stereocenters. The van der Waals surface area contributed by atoms with Crippen molar-refractivity contribution in [2.75, 3.05) is 7.11 Å². The van der Waals surface area contributed by atoms with E-state index in [1.54, 1.807) is 13.8 Å². The van der Waals surface area contributed by atoms with E-state index in [4.69, 9.17) is 4.18 Å². The smallest absolute Gasteiger partial charge is 0.336 e. The number of nitro groups is 1. The standard InChI is InChI=1S/C12H15NO7S/c1-8(2)11(12(14)19-3)20-21(17,18)10-6-4-9(5-7-10)13(15)16/h4-8,11H,1-3H3. The summed E-state index contributed by atoms with van der Waals surface area (Å²) in [5.74, 6) is -1.24. The van der Waals surface area contributed by atoms with Crippen LogP contribution in [0.4, 0.5) is 5.69 Å². The quantitative estimate of drug-likeness (QED) is 0.338. The molecule has 0 aliphatic rings. The topological polar surface area (TPSA) is 113 Å². The highest BCUT2D eigenvalue weighted by atomic mass is 32.2. The lowest BCUT2D eigenvalue weighted by Crippen LogP contribution is -2.33. The summed E-state index contributed by atoms with van der Waals surface area (Å²) in [6.45, 7) is 3.21. The van der Waals surface area contributed by atoms with E-state index in [1.807, 2.05) is 0 Å². The van der Waals surface area contributed by atoms with Crippen molar-refractivity contribution in [1.82, 2.24) is 0 Å². The molecule has 0 aromatic heterocycles. The van der Waals surface area contributed by atoms with Gasteiger partial charge in [0.1, 0.15) is 0 Å². The molecule has 116 valence electrons. The molecule has 0 spiro atoms. The largest absolute Gasteiger partial charge is 0.467 e. The van der Waals surface area contributed by atoms with Crippen LogP contribution in [0.25, 0.3) is 0 Å². The van der Waals surface area contributed by atoms with Gasteiger partial charge in [-0.25, -0.2) is 4.79 Å². The molecule has 0 heterocycles. The normalized spacial score (nSPS) is 13.0. The van der Waals surface area contributed by atoms with Crippen molar-refractivity contribution in [3.8, 4) is 0 Å². The minimum atomic E-state index is -4.23. The maximum Gasteiger partial charge on any atom is 0.336 e. The molecule has 0 aliphatic heterocycles. The van der Waals surface area contributed by atoms with Crippen molar-refractivity contribution in [2.45, 2.75) is 24.8 Å². The Hall–Kier alpha value is -2.00. The predicted molar refractivity (Wildman–Crippen MR) is 72.0 cm³/mol. The first kappa shape index (κ1) is 17.1. The van der Waals surface area contributed by atoms with Crippen LogP contribution in [0.1, 0.15) is 13.8 Å². The van der Waals surface area contributed by atoms with Crippen LogP contribution in [0.2, 0.25) is 0 Å². The molecule has 8 nitrogen and oxygen atoms in total. The predicted octanol–water partition coefficient (Wildman–Crippen LogP) is 1.50. The minimum absolute atomic E-state index is 0.248. The number of hydrogen-bond donors (Lipinski definition) is 0. The Bertz CT molecular complexity index is 622. The Morgan fingerprint density at radius 2 is 1.76 bits per heavy atom. The molecule has 0 N–H and O–H groups in total. The average Bonchev–Trinajstić information content (AvgIpc) is 2.43. The van der Waals surface area contributed by atoms with Crippen LogP contribution in [0, 0.1) is 16.0 Å². The maximum atomic E-state index is 12.0. The van der Waals surface area contributed by atoms with E-state index in [0.29, 0.717) is 0 Å². The van der Waals surface area contributed by atoms with Gasteiger partial charge in [-0.1, -0.05) is 13.8 Å². The second-order valence-electron chi connectivity index (χ2n) is 4.49. The lowest BCUT2D eigenvalue weighted by atomic mass is 10.1. The van der Waals surface area contributed by atoms with E-state index in [2.05, 4.69) is 4.74 Å². The number of rotatable bonds is 6. The summed E-state index contributed by atoms with van der Waals surface area (Å²) in [5, 5.41) is 10.5. The molecule has 0 amide bonds. The third-order valence-electron chi connectivity index (χ3n) is 2.61. The Kier molecular flexibility index (Phi) is 5.39. The lowest BCUT2D eigenvalue weighted by molar-refractivity contribution is -0.384. The van der Waals surface area contributed by atoms with Crippen molar-refractivity contribution in [2.24, 2.45) is 5.92 Å². The first-order chi connectivity index (χ1) is 9.69. The molecule has 0 aliphatic carbocycles. The first-order valence-corrected chi connectivity index (χ1v) is 7.35. The highest BCUT2D eigenvalue weighted by Gasteiger charge is 2.31. The Morgan fingerprint density at radius 3 is 2.14 bits per heavy atom. The van der Waals surface area contributed by atoms with Crippen molar-refractivity contribution in [1.29, 1.82) is 0 Å². The van der Waals surface area contributed by atoms with Gasteiger partial charge in [0.15, 0.2) is 6.10 Å². The molecule has 0 saturated carbocycles. The van der Waals surface area contributed by atoms with Gasteiger partial charge in [0, 0.05) is 12.1 Å². The van der Waals surface area contributed by atoms with Gasteiger partial charge in [0.2, 0.25) is 0 Å². The van der Waals surface area contributed by atoms with Crippen molar-refractivity contribution < 1.29 is 27.1 Å². The number of nitro benzene ring substituents is 1. The SMILES string of the molecule is COC(=O)C(OS(=O)(=O)c1ccc([N+](=O)[O-])cc1)C(C)C. The minimum Gasteiger partial charge on any atom is -0.467 e. The zero-order valence-electron chi connectivity index (χ0n) is 11.7. The second kappa shape index (κ2) is 6.64. The average molecular weight is 317 g/mol. The van der Waals surface area contributed by atoms with E-state index in [1.165, 1.54) is 0 Å². The third kappa shape index (κ3) is 4.23. The molecule has 9 heteroatoms. The van der Waals surface area contributed by atoms with Crippen LogP contribution >= 0.6 is 0 Å². The molecule has 0 bridgehead atoms. The molecule has 21 heavy (non-hydrogen) atoms. The van der Waals surface area contributed by atoms with E-state index in [-0.39, 0.29) is 10.6 Å². The highest BCUT2D eigenvalue weighted by molar-refractivity contribution is 7.86. The van der Waals surface area contributed by atoms with E-state index in [9.17, 15) is 23.3 Å². The van der Waals surface area contributed by atoms with Gasteiger partial charge in [-0.3, -0.25) is 14.3 Å². The van der Waals surface area contributed by atoms with Crippen LogP contribution < -0.4 is 0 Å². The fourth-order valence-corrected chi connectivity index (χ4v) is 2.62. The lowest BCUT2D eigenvalue weighted by Gasteiger charge is -2.18. The Morgan fingerprint density at radius 1 is 1.24 bits per heavy atom. The first-order valence-electron chi connectivity index (χ1n) is 5.94. The van der Waals surface area contributed by atoms with Gasteiger partial charge in [-0.15, -0.1) is 0 Å². The van der Waals surface area contributed by atoms with Gasteiger partial charge in [0.25, 0.3) is 15.8 Å². The summed E-state index contributed by atoms with van der Waals surface area (Å²) in [5.41, 5.74) is -0.248. The number of methoxy groups -OCH3 is 1. The summed E-state index contributed by atoms with van der Waals surface area (Å²) >= 11 is 0. The number of carbonyl (C=O) groups is 1. The highest BCUT2D eigenvalue weighted by Crippen LogP contribution is 2.21. The van der Waals surface area contributed by atoms with Crippen LogP contribution in [0.5, 0.6) is 0 Å². The number of nitrogens with zero attached hydrogens (tertiary/aromatic N) is 1. The molecular formula is C12H15NO7S. The molecule has 0 radical (unpaired) electrons. The van der Waals surface area contributed by atoms with Crippen LogP contribution in [0.15, 0.2) is 29.2 Å². The van der Waals surface area contributed by atoms with Gasteiger partial charge in [0.05, 0.1) is 16.9 Å².